The van der Waals surface area contributed by atoms with Crippen molar-refractivity contribution >= 4 is 11.9 Å². The molecule has 0 unspecified atom stereocenters. The molecule has 5 rings (SSSR count). The van der Waals surface area contributed by atoms with Crippen molar-refractivity contribution in [1.82, 2.24) is 5.16 Å². The van der Waals surface area contributed by atoms with E-state index in [0.717, 1.165) is 34.2 Å². The molecule has 188 valence electrons. The first-order chi connectivity index (χ1) is 17.9. The molecule has 6 nitrogen and oxygen atoms in total. The van der Waals surface area contributed by atoms with E-state index in [-0.39, 0.29) is 19.0 Å². The molecule has 1 aliphatic rings. The molecule has 0 spiro atoms. The SMILES string of the molecule is CCc1cccc(COC(=O)Cc2c(C)noc2-c2ccc(-c3ccc(C4(C(=O)O)CC4)cc3)cc2)c1. The van der Waals surface area contributed by atoms with E-state index < -0.39 is 11.4 Å². The fourth-order valence-electron chi connectivity index (χ4n) is 4.67. The molecule has 0 radical (unpaired) electrons. The van der Waals surface area contributed by atoms with Crippen molar-refractivity contribution < 1.29 is 24.0 Å². The molecule has 0 bridgehead atoms. The van der Waals surface area contributed by atoms with Crippen molar-refractivity contribution in [3.8, 4) is 22.5 Å². The van der Waals surface area contributed by atoms with Gasteiger partial charge < -0.3 is 14.4 Å². The number of hydrogen-bond donors (Lipinski definition) is 1. The number of aromatic nitrogens is 1. The summed E-state index contributed by atoms with van der Waals surface area (Å²) < 4.78 is 11.1. The number of nitrogens with zero attached hydrogens (tertiary/aromatic N) is 1. The van der Waals surface area contributed by atoms with Crippen LogP contribution in [-0.2, 0) is 39.2 Å². The lowest BCUT2D eigenvalue weighted by Crippen LogP contribution is -2.19. The van der Waals surface area contributed by atoms with Gasteiger partial charge in [-0.2, -0.15) is 0 Å². The van der Waals surface area contributed by atoms with Crippen LogP contribution in [0.15, 0.2) is 77.3 Å². The third-order valence-corrected chi connectivity index (χ3v) is 7.18. The van der Waals surface area contributed by atoms with Gasteiger partial charge in [0.25, 0.3) is 0 Å². The van der Waals surface area contributed by atoms with Gasteiger partial charge in [-0.05, 0) is 54.0 Å². The van der Waals surface area contributed by atoms with Crippen molar-refractivity contribution in [3.05, 3.63) is 101 Å². The van der Waals surface area contributed by atoms with Crippen LogP contribution in [0.1, 0.15) is 47.7 Å². The molecule has 1 saturated carbocycles. The average molecular weight is 496 g/mol. The number of aryl methyl sites for hydroxylation is 2. The van der Waals surface area contributed by atoms with E-state index in [2.05, 4.69) is 24.2 Å². The third kappa shape index (κ3) is 5.05. The molecule has 1 fully saturated rings. The van der Waals surface area contributed by atoms with Crippen molar-refractivity contribution in [2.24, 2.45) is 0 Å². The molecular weight excluding hydrogens is 466 g/mol. The summed E-state index contributed by atoms with van der Waals surface area (Å²) in [6, 6.07) is 23.6. The summed E-state index contributed by atoms with van der Waals surface area (Å²) in [7, 11) is 0. The predicted octanol–water partition coefficient (Wildman–Crippen LogP) is 6.28. The monoisotopic (exact) mass is 495 g/mol. The zero-order chi connectivity index (χ0) is 26.0. The Morgan fingerprint density at radius 2 is 1.57 bits per heavy atom. The lowest BCUT2D eigenvalue weighted by molar-refractivity contribution is -0.144. The van der Waals surface area contributed by atoms with E-state index in [0.29, 0.717) is 29.9 Å². The second kappa shape index (κ2) is 10.1. The first kappa shape index (κ1) is 24.5. The van der Waals surface area contributed by atoms with E-state index in [1.165, 1.54) is 5.56 Å². The Bertz CT molecular complexity index is 1430. The van der Waals surface area contributed by atoms with Gasteiger partial charge in [0.15, 0.2) is 5.76 Å². The Balaban J connectivity index is 1.27. The summed E-state index contributed by atoms with van der Waals surface area (Å²) in [5, 5.41) is 13.6. The summed E-state index contributed by atoms with van der Waals surface area (Å²) in [6.45, 7) is 4.14. The van der Waals surface area contributed by atoms with Gasteiger partial charge in [-0.15, -0.1) is 0 Å². The van der Waals surface area contributed by atoms with Gasteiger partial charge in [-0.1, -0.05) is 84.9 Å². The number of benzene rings is 3. The minimum absolute atomic E-state index is 0.0761. The molecular formula is C31H29NO5. The molecule has 1 N–H and O–H groups in total. The van der Waals surface area contributed by atoms with E-state index in [1.807, 2.05) is 67.6 Å². The summed E-state index contributed by atoms with van der Waals surface area (Å²) in [4.78, 5) is 24.2. The number of carboxylic acid groups (broad SMARTS) is 1. The Morgan fingerprint density at radius 3 is 2.19 bits per heavy atom. The number of rotatable bonds is 9. The highest BCUT2D eigenvalue weighted by Crippen LogP contribution is 2.48. The highest BCUT2D eigenvalue weighted by molar-refractivity contribution is 5.85. The van der Waals surface area contributed by atoms with Crippen LogP contribution in [0.5, 0.6) is 0 Å². The summed E-state index contributed by atoms with van der Waals surface area (Å²) in [5.41, 5.74) is 6.52. The van der Waals surface area contributed by atoms with Gasteiger partial charge >= 0.3 is 11.9 Å². The van der Waals surface area contributed by atoms with E-state index in [4.69, 9.17) is 9.26 Å². The highest BCUT2D eigenvalue weighted by Gasteiger charge is 2.51. The van der Waals surface area contributed by atoms with Crippen molar-refractivity contribution in [2.45, 2.75) is 51.6 Å². The van der Waals surface area contributed by atoms with Crippen molar-refractivity contribution in [3.63, 3.8) is 0 Å². The predicted molar refractivity (Wildman–Crippen MR) is 140 cm³/mol. The second-order valence-electron chi connectivity index (χ2n) is 9.63. The maximum atomic E-state index is 12.6. The molecule has 1 aromatic heterocycles. The molecule has 4 aromatic rings. The number of ether oxygens (including phenoxy) is 1. The van der Waals surface area contributed by atoms with Gasteiger partial charge in [-0.25, -0.2) is 0 Å². The maximum absolute atomic E-state index is 12.6. The fraction of sp³-hybridized carbons (Fsp3) is 0.258. The van der Waals surface area contributed by atoms with Crippen LogP contribution in [0.4, 0.5) is 0 Å². The number of hydrogen-bond acceptors (Lipinski definition) is 5. The Kier molecular flexibility index (Phi) is 6.66. The zero-order valence-electron chi connectivity index (χ0n) is 21.0. The van der Waals surface area contributed by atoms with Gasteiger partial charge in [0.05, 0.1) is 17.5 Å². The van der Waals surface area contributed by atoms with Crippen LogP contribution in [0, 0.1) is 6.92 Å². The lowest BCUT2D eigenvalue weighted by atomic mass is 9.93. The van der Waals surface area contributed by atoms with Crippen LogP contribution < -0.4 is 0 Å². The van der Waals surface area contributed by atoms with Crippen molar-refractivity contribution in [1.29, 1.82) is 0 Å². The molecule has 3 aromatic carbocycles. The molecule has 0 saturated heterocycles. The average Bonchev–Trinajstić information content (AvgIpc) is 3.67. The number of carboxylic acids is 1. The van der Waals surface area contributed by atoms with Gasteiger partial charge in [0.1, 0.15) is 6.61 Å². The smallest absolute Gasteiger partial charge is 0.314 e. The molecule has 0 amide bonds. The van der Waals surface area contributed by atoms with Crippen molar-refractivity contribution in [2.75, 3.05) is 0 Å². The summed E-state index contributed by atoms with van der Waals surface area (Å²) in [6.07, 6.45) is 2.39. The lowest BCUT2D eigenvalue weighted by Gasteiger charge is -2.11. The second-order valence-corrected chi connectivity index (χ2v) is 9.63. The van der Waals surface area contributed by atoms with Crippen LogP contribution in [0.3, 0.4) is 0 Å². The number of carbonyl (C=O) groups excluding carboxylic acids is 1. The van der Waals surface area contributed by atoms with Crippen LogP contribution >= 0.6 is 0 Å². The molecule has 1 heterocycles. The molecule has 1 aliphatic carbocycles. The zero-order valence-corrected chi connectivity index (χ0v) is 21.0. The normalized spacial score (nSPS) is 13.8. The van der Waals surface area contributed by atoms with Crippen LogP contribution in [0.25, 0.3) is 22.5 Å². The minimum atomic E-state index is -0.752. The molecule has 0 atom stereocenters. The van der Waals surface area contributed by atoms with Gasteiger partial charge in [0, 0.05) is 11.1 Å². The van der Waals surface area contributed by atoms with Crippen LogP contribution in [-0.4, -0.2) is 22.2 Å². The molecule has 37 heavy (non-hydrogen) atoms. The number of aliphatic carboxylic acids is 1. The fourth-order valence-corrected chi connectivity index (χ4v) is 4.67. The largest absolute Gasteiger partial charge is 0.481 e. The third-order valence-electron chi connectivity index (χ3n) is 7.18. The van der Waals surface area contributed by atoms with Gasteiger partial charge in [-0.3, -0.25) is 9.59 Å². The Labute approximate surface area is 215 Å². The standard InChI is InChI=1S/C31H29NO5/c1-3-21-5-4-6-22(17-21)19-36-28(33)18-27-20(2)32-37-29(27)25-9-7-23(8-10-25)24-11-13-26(14-12-24)31(15-16-31)30(34)35/h4-14,17H,3,15-16,18-19H2,1-2H3,(H,34,35). The number of carbonyl (C=O) groups is 2. The highest BCUT2D eigenvalue weighted by atomic mass is 16.5. The first-order valence-corrected chi connectivity index (χ1v) is 12.5. The van der Waals surface area contributed by atoms with E-state index in [1.54, 1.807) is 0 Å². The van der Waals surface area contributed by atoms with Gasteiger partial charge in [0.2, 0.25) is 0 Å². The Morgan fingerprint density at radius 1 is 0.946 bits per heavy atom. The summed E-state index contributed by atoms with van der Waals surface area (Å²) >= 11 is 0. The quantitative estimate of drug-likeness (QED) is 0.275. The number of esters is 1. The van der Waals surface area contributed by atoms with E-state index in [9.17, 15) is 14.7 Å². The Hall–Kier alpha value is -4.19. The first-order valence-electron chi connectivity index (χ1n) is 12.5. The van der Waals surface area contributed by atoms with E-state index >= 15 is 0 Å². The minimum Gasteiger partial charge on any atom is -0.481 e. The molecule has 6 heteroatoms. The maximum Gasteiger partial charge on any atom is 0.314 e. The summed E-state index contributed by atoms with van der Waals surface area (Å²) in [5.74, 6) is -0.528. The molecule has 0 aliphatic heterocycles. The van der Waals surface area contributed by atoms with Crippen LogP contribution in [0.2, 0.25) is 0 Å². The topological polar surface area (TPSA) is 89.6 Å².